The molecule has 0 amide bonds. The first-order valence-electron chi connectivity index (χ1n) is 8.19. The Labute approximate surface area is 143 Å². The van der Waals surface area contributed by atoms with E-state index in [1.807, 2.05) is 6.20 Å². The molecule has 5 nitrogen and oxygen atoms in total. The number of fused-ring (bicyclic) bond motifs is 4. The Hall–Kier alpha value is -1.08. The largest absolute Gasteiger partial charge is 1.00 e. The highest BCUT2D eigenvalue weighted by Gasteiger charge is 2.66. The van der Waals surface area contributed by atoms with Crippen LogP contribution in [-0.2, 0) is 10.3 Å². The van der Waals surface area contributed by atoms with Gasteiger partial charge in [0.15, 0.2) is 0 Å². The minimum atomic E-state index is -0.844. The minimum Gasteiger partial charge on any atom is -1.00 e. The summed E-state index contributed by atoms with van der Waals surface area (Å²) in [5.41, 5.74) is 2.92. The number of H-pyrrole nitrogens is 1. The molecular formula is C16H21BClN3O2. The fourth-order valence-electron chi connectivity index (χ4n) is 5.18. The molecule has 1 aliphatic carbocycles. The van der Waals surface area contributed by atoms with Gasteiger partial charge in [0.25, 0.3) is 0 Å². The van der Waals surface area contributed by atoms with E-state index in [0.29, 0.717) is 11.3 Å². The van der Waals surface area contributed by atoms with E-state index in [-0.39, 0.29) is 19.4 Å². The Morgan fingerprint density at radius 1 is 1.43 bits per heavy atom. The maximum absolute atomic E-state index is 10.4. The number of nitrogens with zero attached hydrogens (tertiary/aromatic N) is 1. The van der Waals surface area contributed by atoms with Gasteiger partial charge < -0.3 is 32.4 Å². The van der Waals surface area contributed by atoms with Crippen molar-refractivity contribution in [2.24, 2.45) is 11.3 Å². The Kier molecular flexibility index (Phi) is 3.33. The summed E-state index contributed by atoms with van der Waals surface area (Å²) in [6, 6.07) is 2.06. The predicted octanol–water partition coefficient (Wildman–Crippen LogP) is -2.00. The van der Waals surface area contributed by atoms with E-state index in [0.717, 1.165) is 36.0 Å². The minimum absolute atomic E-state index is 0. The maximum atomic E-state index is 10.4. The van der Waals surface area contributed by atoms with Crippen molar-refractivity contribution in [2.75, 3.05) is 13.1 Å². The van der Waals surface area contributed by atoms with Gasteiger partial charge in [-0.3, -0.25) is 0 Å². The molecule has 0 aromatic carbocycles. The van der Waals surface area contributed by atoms with Crippen LogP contribution < -0.4 is 23.2 Å². The second-order valence-corrected chi connectivity index (χ2v) is 7.20. The van der Waals surface area contributed by atoms with Crippen molar-refractivity contribution >= 4 is 23.6 Å². The molecule has 2 atom stereocenters. The van der Waals surface area contributed by atoms with Crippen molar-refractivity contribution < 1.29 is 23.5 Å². The van der Waals surface area contributed by atoms with E-state index < -0.39 is 7.12 Å². The Balaban J connectivity index is 0.000000845. The molecule has 0 radical (unpaired) electrons. The van der Waals surface area contributed by atoms with E-state index in [1.165, 1.54) is 18.4 Å². The first-order chi connectivity index (χ1) is 10.7. The zero-order chi connectivity index (χ0) is 14.9. The normalized spacial score (nSPS) is 31.2. The van der Waals surface area contributed by atoms with Crippen LogP contribution in [0.1, 0.15) is 33.2 Å². The second kappa shape index (κ2) is 4.96. The number of pyridine rings is 1. The molecule has 2 fully saturated rings. The van der Waals surface area contributed by atoms with E-state index in [1.54, 1.807) is 6.20 Å². The molecule has 3 N–H and O–H groups in total. The first kappa shape index (κ1) is 15.5. The van der Waals surface area contributed by atoms with Gasteiger partial charge in [0.2, 0.25) is 0 Å². The molecular weight excluding hydrogens is 312 g/mol. The van der Waals surface area contributed by atoms with Crippen molar-refractivity contribution in [1.29, 1.82) is 0 Å². The Morgan fingerprint density at radius 2 is 2.22 bits per heavy atom. The van der Waals surface area contributed by atoms with Gasteiger partial charge in [0, 0.05) is 23.2 Å². The van der Waals surface area contributed by atoms with E-state index in [4.69, 9.17) is 4.65 Å². The quantitative estimate of drug-likeness (QED) is 0.488. The van der Waals surface area contributed by atoms with Gasteiger partial charge in [0.1, 0.15) is 5.65 Å². The topological polar surface area (TPSA) is 70.2 Å². The monoisotopic (exact) mass is 333 g/mol. The number of hydrogen-bond donors (Lipinski definition) is 3. The van der Waals surface area contributed by atoms with Crippen LogP contribution in [0.2, 0.25) is 0 Å². The maximum Gasteiger partial charge on any atom is 1.00 e. The molecule has 2 unspecified atom stereocenters. The number of halogens is 1. The van der Waals surface area contributed by atoms with Gasteiger partial charge >= 0.3 is 8.55 Å². The molecule has 5 rings (SSSR count). The molecule has 122 valence electrons. The zero-order valence-electron chi connectivity index (χ0n) is 14.1. The third kappa shape index (κ3) is 1.78. The summed E-state index contributed by atoms with van der Waals surface area (Å²) in [5, 5.41) is 15.0. The van der Waals surface area contributed by atoms with Crippen LogP contribution in [0, 0.1) is 11.3 Å². The summed E-state index contributed by atoms with van der Waals surface area (Å²) in [5.74, 6) is 0.415. The van der Waals surface area contributed by atoms with E-state index in [9.17, 15) is 5.02 Å². The lowest BCUT2D eigenvalue weighted by molar-refractivity contribution is -0.188. The summed E-state index contributed by atoms with van der Waals surface area (Å²) in [7, 11) is -0.844. The molecule has 2 spiro atoms. The third-order valence-electron chi connectivity index (χ3n) is 6.46. The first-order valence-corrected chi connectivity index (χ1v) is 8.19. The molecule has 0 bridgehead atoms. The smallest absolute Gasteiger partial charge is 1.00 e. The van der Waals surface area contributed by atoms with Gasteiger partial charge in [-0.15, -0.1) is 0 Å². The number of aromatic nitrogens is 2. The number of nitrogens with one attached hydrogen (secondary N) is 2. The van der Waals surface area contributed by atoms with Crippen LogP contribution in [0.15, 0.2) is 18.5 Å². The van der Waals surface area contributed by atoms with Gasteiger partial charge in [-0.25, -0.2) is 4.98 Å². The molecule has 2 aromatic heterocycles. The summed E-state index contributed by atoms with van der Waals surface area (Å²) in [6.07, 6.45) is 7.10. The lowest BCUT2D eigenvalue weighted by Crippen LogP contribution is -3.00. The second-order valence-electron chi connectivity index (χ2n) is 7.20. The molecule has 2 aliphatic heterocycles. The lowest BCUT2D eigenvalue weighted by Gasteiger charge is -2.62. The fraction of sp³-hybridized carbons (Fsp3) is 0.562. The standard InChI is InChI=1S/C16H20BN3O2.ClH/c1-10-15(3-6-18-7-4-15)9-16(10)13-11-2-5-19-14(11)20-8-12(13)17(21)22-16;/h2,5,8,10,18,21H,3-4,6-7,9H2,1H3,(H,19,20);1H. The summed E-state index contributed by atoms with van der Waals surface area (Å²) in [6.45, 7) is 4.48. The van der Waals surface area contributed by atoms with Crippen molar-refractivity contribution in [3.05, 3.63) is 24.0 Å². The highest BCUT2D eigenvalue weighted by molar-refractivity contribution is 6.62. The van der Waals surface area contributed by atoms with E-state index >= 15 is 0 Å². The lowest BCUT2D eigenvalue weighted by atomic mass is 9.47. The average molecular weight is 334 g/mol. The summed E-state index contributed by atoms with van der Waals surface area (Å²) >= 11 is 0. The molecule has 1 saturated carbocycles. The Bertz CT molecular complexity index is 767. The van der Waals surface area contributed by atoms with Crippen LogP contribution in [0.5, 0.6) is 0 Å². The van der Waals surface area contributed by atoms with Crippen molar-refractivity contribution in [3.63, 3.8) is 0 Å². The number of piperidine rings is 1. The van der Waals surface area contributed by atoms with Crippen LogP contribution in [0.3, 0.4) is 0 Å². The van der Waals surface area contributed by atoms with Gasteiger partial charge in [-0.2, -0.15) is 0 Å². The summed E-state index contributed by atoms with van der Waals surface area (Å²) in [4.78, 5) is 7.59. The fourth-order valence-corrected chi connectivity index (χ4v) is 5.18. The molecule has 3 aliphatic rings. The number of aromatic amines is 1. The van der Waals surface area contributed by atoms with Crippen molar-refractivity contribution in [1.82, 2.24) is 15.3 Å². The van der Waals surface area contributed by atoms with Crippen molar-refractivity contribution in [3.8, 4) is 0 Å². The van der Waals surface area contributed by atoms with Gasteiger partial charge in [-0.05, 0) is 55.3 Å². The van der Waals surface area contributed by atoms with Crippen LogP contribution >= 0.6 is 0 Å². The molecule has 23 heavy (non-hydrogen) atoms. The summed E-state index contributed by atoms with van der Waals surface area (Å²) < 4.78 is 6.15. The molecule has 4 heterocycles. The number of rotatable bonds is 0. The SMILES string of the molecule is CC1C2(CCNCC2)CC12OB(O)c1cnc3[nH]ccc3c12.[Cl-].[H+]. The molecule has 7 heteroatoms. The van der Waals surface area contributed by atoms with Crippen molar-refractivity contribution in [2.45, 2.75) is 31.8 Å². The highest BCUT2D eigenvalue weighted by atomic mass is 35.5. The highest BCUT2D eigenvalue weighted by Crippen LogP contribution is 2.66. The Morgan fingerprint density at radius 3 is 2.96 bits per heavy atom. The van der Waals surface area contributed by atoms with Gasteiger partial charge in [-0.1, -0.05) is 6.92 Å². The van der Waals surface area contributed by atoms with Crippen LogP contribution in [0.4, 0.5) is 0 Å². The molecule has 1 saturated heterocycles. The molecule has 2 aromatic rings. The van der Waals surface area contributed by atoms with Gasteiger partial charge in [0.05, 0.1) is 5.60 Å². The van der Waals surface area contributed by atoms with Crippen LogP contribution in [0.25, 0.3) is 11.0 Å². The zero-order valence-corrected chi connectivity index (χ0v) is 13.9. The van der Waals surface area contributed by atoms with E-state index in [2.05, 4.69) is 28.3 Å². The van der Waals surface area contributed by atoms with Crippen LogP contribution in [-0.4, -0.2) is 35.2 Å². The number of hydrogen-bond acceptors (Lipinski definition) is 4. The third-order valence-corrected chi connectivity index (χ3v) is 6.46. The average Bonchev–Trinajstić information content (AvgIpc) is 3.12. The predicted molar refractivity (Wildman–Crippen MR) is 85.9 cm³/mol.